The SMILES string of the molecule is Nc1ccc(-c2nc3ccc(N)cn3n2)cc1. The average molecular weight is 225 g/mol. The molecule has 0 aliphatic carbocycles. The number of hydrogen-bond donors (Lipinski definition) is 2. The van der Waals surface area contributed by atoms with Gasteiger partial charge in [-0.2, -0.15) is 0 Å². The van der Waals surface area contributed by atoms with Gasteiger partial charge in [0, 0.05) is 11.3 Å². The maximum Gasteiger partial charge on any atom is 0.182 e. The van der Waals surface area contributed by atoms with Crippen molar-refractivity contribution in [2.45, 2.75) is 0 Å². The third kappa shape index (κ3) is 1.67. The predicted molar refractivity (Wildman–Crippen MR) is 67.2 cm³/mol. The van der Waals surface area contributed by atoms with E-state index in [1.54, 1.807) is 16.8 Å². The number of aromatic nitrogens is 3. The summed E-state index contributed by atoms with van der Waals surface area (Å²) in [5.41, 5.74) is 14.4. The zero-order chi connectivity index (χ0) is 11.8. The maximum atomic E-state index is 5.69. The molecule has 5 nitrogen and oxygen atoms in total. The Balaban J connectivity index is 2.14. The molecule has 0 fully saturated rings. The first-order valence-electron chi connectivity index (χ1n) is 5.20. The van der Waals surface area contributed by atoms with Crippen LogP contribution in [0.25, 0.3) is 17.0 Å². The molecule has 0 saturated carbocycles. The summed E-state index contributed by atoms with van der Waals surface area (Å²) in [6, 6.07) is 11.1. The second-order valence-electron chi connectivity index (χ2n) is 3.82. The Morgan fingerprint density at radius 2 is 1.59 bits per heavy atom. The molecule has 17 heavy (non-hydrogen) atoms. The van der Waals surface area contributed by atoms with E-state index in [0.29, 0.717) is 11.5 Å². The quantitative estimate of drug-likeness (QED) is 0.616. The van der Waals surface area contributed by atoms with Gasteiger partial charge in [-0.05, 0) is 36.4 Å². The lowest BCUT2D eigenvalue weighted by Crippen LogP contribution is -1.91. The van der Waals surface area contributed by atoms with E-state index in [-0.39, 0.29) is 0 Å². The fourth-order valence-corrected chi connectivity index (χ4v) is 1.65. The van der Waals surface area contributed by atoms with Crippen LogP contribution in [0.5, 0.6) is 0 Å². The normalized spacial score (nSPS) is 10.8. The van der Waals surface area contributed by atoms with Gasteiger partial charge in [-0.15, -0.1) is 5.10 Å². The molecule has 0 radical (unpaired) electrons. The summed E-state index contributed by atoms with van der Waals surface area (Å²) in [6.45, 7) is 0. The number of nitrogen functional groups attached to an aromatic ring is 2. The van der Waals surface area contributed by atoms with Crippen molar-refractivity contribution in [1.29, 1.82) is 0 Å². The van der Waals surface area contributed by atoms with E-state index in [0.717, 1.165) is 16.9 Å². The van der Waals surface area contributed by atoms with Gasteiger partial charge >= 0.3 is 0 Å². The van der Waals surface area contributed by atoms with E-state index in [9.17, 15) is 0 Å². The van der Waals surface area contributed by atoms with Gasteiger partial charge in [0.2, 0.25) is 0 Å². The highest BCUT2D eigenvalue weighted by atomic mass is 15.3. The largest absolute Gasteiger partial charge is 0.399 e. The van der Waals surface area contributed by atoms with Crippen LogP contribution in [0.4, 0.5) is 11.4 Å². The molecule has 3 aromatic rings. The highest BCUT2D eigenvalue weighted by Gasteiger charge is 2.05. The second-order valence-corrected chi connectivity index (χ2v) is 3.82. The van der Waals surface area contributed by atoms with Crippen LogP contribution in [0.1, 0.15) is 0 Å². The summed E-state index contributed by atoms with van der Waals surface area (Å²) in [7, 11) is 0. The van der Waals surface area contributed by atoms with Crippen molar-refractivity contribution in [2.24, 2.45) is 0 Å². The summed E-state index contributed by atoms with van der Waals surface area (Å²) in [4.78, 5) is 4.41. The molecule has 0 unspecified atom stereocenters. The minimum atomic E-state index is 0.659. The van der Waals surface area contributed by atoms with Gasteiger partial charge in [0.25, 0.3) is 0 Å². The van der Waals surface area contributed by atoms with E-state index in [2.05, 4.69) is 10.1 Å². The summed E-state index contributed by atoms with van der Waals surface area (Å²) >= 11 is 0. The first kappa shape index (κ1) is 9.65. The van der Waals surface area contributed by atoms with Gasteiger partial charge in [-0.25, -0.2) is 9.50 Å². The number of fused-ring (bicyclic) bond motifs is 1. The number of pyridine rings is 1. The topological polar surface area (TPSA) is 82.2 Å². The van der Waals surface area contributed by atoms with E-state index in [1.807, 2.05) is 30.3 Å². The van der Waals surface area contributed by atoms with Crippen LogP contribution < -0.4 is 11.5 Å². The molecule has 4 N–H and O–H groups in total. The minimum Gasteiger partial charge on any atom is -0.399 e. The Hall–Kier alpha value is -2.56. The third-order valence-corrected chi connectivity index (χ3v) is 2.52. The standard InChI is InChI=1S/C12H11N5/c13-9-3-1-8(2-4-9)12-15-11-6-5-10(14)7-17(11)16-12/h1-7H,13-14H2. The lowest BCUT2D eigenvalue weighted by molar-refractivity contribution is 0.968. The number of benzene rings is 1. The van der Waals surface area contributed by atoms with Crippen molar-refractivity contribution in [2.75, 3.05) is 11.5 Å². The molecule has 0 atom stereocenters. The zero-order valence-electron chi connectivity index (χ0n) is 9.04. The Bertz CT molecular complexity index is 669. The van der Waals surface area contributed by atoms with Crippen LogP contribution in [0.2, 0.25) is 0 Å². The monoisotopic (exact) mass is 225 g/mol. The molecule has 0 aliphatic heterocycles. The summed E-state index contributed by atoms with van der Waals surface area (Å²) in [6.07, 6.45) is 1.74. The van der Waals surface area contributed by atoms with Crippen molar-refractivity contribution < 1.29 is 0 Å². The van der Waals surface area contributed by atoms with Crippen LogP contribution in [0.3, 0.4) is 0 Å². The van der Waals surface area contributed by atoms with Crippen molar-refractivity contribution in [3.63, 3.8) is 0 Å². The van der Waals surface area contributed by atoms with Gasteiger partial charge in [0.15, 0.2) is 11.5 Å². The first-order chi connectivity index (χ1) is 8.22. The van der Waals surface area contributed by atoms with Crippen LogP contribution in [0, 0.1) is 0 Å². The average Bonchev–Trinajstić information content (AvgIpc) is 2.72. The van der Waals surface area contributed by atoms with Crippen molar-refractivity contribution in [1.82, 2.24) is 14.6 Å². The number of nitrogens with zero attached hydrogens (tertiary/aromatic N) is 3. The molecule has 0 amide bonds. The predicted octanol–water partition coefficient (Wildman–Crippen LogP) is 1.56. The summed E-state index contributed by atoms with van der Waals surface area (Å²) in [5, 5.41) is 4.36. The second kappa shape index (κ2) is 3.48. The molecule has 5 heteroatoms. The number of rotatable bonds is 1. The number of nitrogens with two attached hydrogens (primary N) is 2. The maximum absolute atomic E-state index is 5.69. The molecule has 0 saturated heterocycles. The van der Waals surface area contributed by atoms with Gasteiger partial charge in [-0.3, -0.25) is 0 Å². The van der Waals surface area contributed by atoms with Gasteiger partial charge < -0.3 is 11.5 Å². The van der Waals surface area contributed by atoms with E-state index < -0.39 is 0 Å². The van der Waals surface area contributed by atoms with Crippen LogP contribution >= 0.6 is 0 Å². The van der Waals surface area contributed by atoms with Crippen molar-refractivity contribution in [3.8, 4) is 11.4 Å². The van der Waals surface area contributed by atoms with E-state index in [1.165, 1.54) is 0 Å². The Kier molecular flexibility index (Phi) is 1.98. The van der Waals surface area contributed by atoms with Gasteiger partial charge in [0.1, 0.15) is 0 Å². The van der Waals surface area contributed by atoms with Gasteiger partial charge in [0.05, 0.1) is 11.9 Å². The summed E-state index contributed by atoms with van der Waals surface area (Å²) in [5.74, 6) is 0.663. The fraction of sp³-hybridized carbons (Fsp3) is 0. The molecular formula is C12H11N5. The molecule has 2 heterocycles. The molecule has 0 aliphatic rings. The van der Waals surface area contributed by atoms with E-state index >= 15 is 0 Å². The highest BCUT2D eigenvalue weighted by molar-refractivity contribution is 5.61. The van der Waals surface area contributed by atoms with Crippen molar-refractivity contribution in [3.05, 3.63) is 42.6 Å². The third-order valence-electron chi connectivity index (χ3n) is 2.52. The van der Waals surface area contributed by atoms with Crippen molar-refractivity contribution >= 4 is 17.0 Å². The summed E-state index contributed by atoms with van der Waals surface area (Å²) < 4.78 is 1.67. The highest BCUT2D eigenvalue weighted by Crippen LogP contribution is 2.18. The molecule has 0 spiro atoms. The molecule has 3 rings (SSSR count). The molecule has 2 aromatic heterocycles. The smallest absolute Gasteiger partial charge is 0.182 e. The molecular weight excluding hydrogens is 214 g/mol. The first-order valence-corrected chi connectivity index (χ1v) is 5.20. The van der Waals surface area contributed by atoms with E-state index in [4.69, 9.17) is 11.5 Å². The lowest BCUT2D eigenvalue weighted by Gasteiger charge is -1.95. The zero-order valence-corrected chi connectivity index (χ0v) is 9.04. The number of hydrogen-bond acceptors (Lipinski definition) is 4. The Labute approximate surface area is 97.7 Å². The Morgan fingerprint density at radius 1 is 0.882 bits per heavy atom. The molecule has 0 bridgehead atoms. The van der Waals surface area contributed by atoms with Gasteiger partial charge in [-0.1, -0.05) is 0 Å². The molecule has 84 valence electrons. The van der Waals surface area contributed by atoms with Crippen LogP contribution in [0.15, 0.2) is 42.6 Å². The lowest BCUT2D eigenvalue weighted by atomic mass is 10.2. The molecule has 1 aromatic carbocycles. The fourth-order valence-electron chi connectivity index (χ4n) is 1.65. The van der Waals surface area contributed by atoms with Crippen LogP contribution in [-0.4, -0.2) is 14.6 Å². The van der Waals surface area contributed by atoms with Crippen LogP contribution in [-0.2, 0) is 0 Å². The minimum absolute atomic E-state index is 0.659. The number of anilines is 2. The Morgan fingerprint density at radius 3 is 2.35 bits per heavy atom.